The summed E-state index contributed by atoms with van der Waals surface area (Å²) in [5.41, 5.74) is 0. The molecule has 5 heteroatoms. The van der Waals surface area contributed by atoms with Gasteiger partial charge in [0.25, 0.3) is 0 Å². The topological polar surface area (TPSA) is 35.5 Å². The lowest BCUT2D eigenvalue weighted by molar-refractivity contribution is 0.0463. The molecule has 12 heavy (non-hydrogen) atoms. The lowest BCUT2D eigenvalue weighted by atomic mass is 10.5. The predicted molar refractivity (Wildman–Crippen MR) is 63.8 cm³/mol. The summed E-state index contributed by atoms with van der Waals surface area (Å²) in [6.07, 6.45) is 1.03. The fraction of sp³-hybridized carbons (Fsp3) is 0.857. The molecular formula is C7H12I2O3. The second-order valence-corrected chi connectivity index (χ2v) is 4.90. The van der Waals surface area contributed by atoms with Gasteiger partial charge in [0.1, 0.15) is 0 Å². The molecule has 2 atom stereocenters. The number of alkyl halides is 2. The molecule has 0 aliphatic heterocycles. The van der Waals surface area contributed by atoms with E-state index in [1.165, 1.54) is 0 Å². The molecule has 72 valence electrons. The largest absolute Gasteiger partial charge is 0.510 e. The molecule has 2 unspecified atom stereocenters. The Kier molecular flexibility index (Phi) is 7.60. The molecule has 0 saturated heterocycles. The minimum atomic E-state index is -0.572. The van der Waals surface area contributed by atoms with Crippen molar-refractivity contribution in [3.8, 4) is 0 Å². The van der Waals surface area contributed by atoms with Gasteiger partial charge in [0.2, 0.25) is 0 Å². The highest BCUT2D eigenvalue weighted by atomic mass is 127. The maximum absolute atomic E-state index is 10.9. The van der Waals surface area contributed by atoms with Crippen molar-refractivity contribution in [3.63, 3.8) is 0 Å². The van der Waals surface area contributed by atoms with Crippen molar-refractivity contribution < 1.29 is 14.3 Å². The lowest BCUT2D eigenvalue weighted by Crippen LogP contribution is -2.16. The van der Waals surface area contributed by atoms with Crippen molar-refractivity contribution in [3.05, 3.63) is 0 Å². The van der Waals surface area contributed by atoms with Gasteiger partial charge in [0.15, 0.2) is 8.22 Å². The maximum atomic E-state index is 10.9. The van der Waals surface area contributed by atoms with Crippen LogP contribution in [0.25, 0.3) is 0 Å². The maximum Gasteiger partial charge on any atom is 0.510 e. The molecule has 0 spiro atoms. The monoisotopic (exact) mass is 398 g/mol. The fourth-order valence-corrected chi connectivity index (χ4v) is 0.818. The molecule has 0 aromatic heterocycles. The van der Waals surface area contributed by atoms with Crippen molar-refractivity contribution in [2.24, 2.45) is 0 Å². The van der Waals surface area contributed by atoms with Gasteiger partial charge in [-0.2, -0.15) is 0 Å². The zero-order valence-corrected chi connectivity index (χ0v) is 11.4. The lowest BCUT2D eigenvalue weighted by Gasteiger charge is -2.12. The van der Waals surface area contributed by atoms with Crippen molar-refractivity contribution >= 4 is 51.3 Å². The highest BCUT2D eigenvalue weighted by Crippen LogP contribution is 2.12. The Balaban J connectivity index is 3.59. The molecule has 0 radical (unpaired) electrons. The summed E-state index contributed by atoms with van der Waals surface area (Å²) in [6.45, 7) is 3.90. The van der Waals surface area contributed by atoms with Gasteiger partial charge in [-0.1, -0.05) is 13.8 Å². The zero-order chi connectivity index (χ0) is 9.56. The quantitative estimate of drug-likeness (QED) is 0.414. The van der Waals surface area contributed by atoms with Crippen LogP contribution in [0.2, 0.25) is 0 Å². The molecule has 0 aromatic rings. The number of halogens is 2. The van der Waals surface area contributed by atoms with Crippen molar-refractivity contribution in [1.29, 1.82) is 0 Å². The molecule has 3 nitrogen and oxygen atoms in total. The van der Waals surface area contributed by atoms with E-state index in [9.17, 15) is 4.79 Å². The molecule has 0 rings (SSSR count). The van der Waals surface area contributed by atoms with Crippen LogP contribution in [-0.2, 0) is 9.47 Å². The van der Waals surface area contributed by atoms with E-state index < -0.39 is 6.16 Å². The summed E-state index contributed by atoms with van der Waals surface area (Å²) in [7, 11) is 0. The average Bonchev–Trinajstić information content (AvgIpc) is 2.03. The van der Waals surface area contributed by atoms with Gasteiger partial charge < -0.3 is 9.47 Å². The first kappa shape index (κ1) is 12.7. The van der Waals surface area contributed by atoms with Gasteiger partial charge >= 0.3 is 6.16 Å². The van der Waals surface area contributed by atoms with E-state index in [0.717, 1.165) is 12.8 Å². The molecule has 0 aliphatic carbocycles. The number of hydrogen-bond acceptors (Lipinski definition) is 3. The molecule has 0 aliphatic rings. The number of ether oxygens (including phenoxy) is 2. The average molecular weight is 398 g/mol. The Morgan fingerprint density at radius 1 is 1.17 bits per heavy atom. The van der Waals surface area contributed by atoms with Gasteiger partial charge in [-0.15, -0.1) is 0 Å². The third-order valence-electron chi connectivity index (χ3n) is 1.09. The van der Waals surface area contributed by atoms with E-state index in [1.54, 1.807) is 0 Å². The third-order valence-corrected chi connectivity index (χ3v) is 3.36. The standard InChI is InChI=1S/C7H12I2O3/c1-3-5(8)11-7(10)12-6(9)4-2/h5-6H,3-4H2,1-2H3. The highest BCUT2D eigenvalue weighted by Gasteiger charge is 2.13. The summed E-state index contributed by atoms with van der Waals surface area (Å²) >= 11 is 4.11. The minimum absolute atomic E-state index is 0.0874. The normalized spacial score (nSPS) is 15.0. The second-order valence-electron chi connectivity index (χ2n) is 2.12. The molecule has 0 saturated carbocycles. The van der Waals surface area contributed by atoms with Crippen LogP contribution in [0.4, 0.5) is 4.79 Å². The van der Waals surface area contributed by atoms with Gasteiger partial charge in [0.05, 0.1) is 0 Å². The van der Waals surface area contributed by atoms with Gasteiger partial charge in [-0.05, 0) is 58.0 Å². The van der Waals surface area contributed by atoms with Crippen LogP contribution in [0.15, 0.2) is 0 Å². The number of hydrogen-bond donors (Lipinski definition) is 0. The zero-order valence-electron chi connectivity index (χ0n) is 7.05. The first-order valence-electron chi connectivity index (χ1n) is 3.75. The van der Waals surface area contributed by atoms with Crippen molar-refractivity contribution in [2.75, 3.05) is 0 Å². The number of rotatable bonds is 4. The molecule has 0 fully saturated rings. The van der Waals surface area contributed by atoms with Crippen LogP contribution in [0.1, 0.15) is 26.7 Å². The SMILES string of the molecule is CCC(I)OC(=O)OC(I)CC. The van der Waals surface area contributed by atoms with Crippen molar-refractivity contribution in [2.45, 2.75) is 34.9 Å². The summed E-state index contributed by atoms with van der Waals surface area (Å²) in [4.78, 5) is 10.9. The smallest absolute Gasteiger partial charge is 0.420 e. The molecule has 0 N–H and O–H groups in total. The molecule has 0 bridgehead atoms. The number of carbonyl (C=O) groups is 1. The van der Waals surface area contributed by atoms with E-state index in [-0.39, 0.29) is 8.22 Å². The molecule has 0 aromatic carbocycles. The van der Waals surface area contributed by atoms with Crippen LogP contribution in [0.5, 0.6) is 0 Å². The summed E-state index contributed by atoms with van der Waals surface area (Å²) in [6, 6.07) is 0. The van der Waals surface area contributed by atoms with Crippen LogP contribution >= 0.6 is 45.2 Å². The van der Waals surface area contributed by atoms with Crippen LogP contribution in [0.3, 0.4) is 0 Å². The highest BCUT2D eigenvalue weighted by molar-refractivity contribution is 14.1. The fourth-order valence-electron chi connectivity index (χ4n) is 0.403. The van der Waals surface area contributed by atoms with Gasteiger partial charge in [-0.25, -0.2) is 4.79 Å². The molecule has 0 heterocycles. The van der Waals surface area contributed by atoms with Crippen LogP contribution in [0, 0.1) is 0 Å². The Labute approximate surface area is 99.8 Å². The van der Waals surface area contributed by atoms with E-state index in [2.05, 4.69) is 45.2 Å². The first-order chi connectivity index (χ1) is 5.60. The van der Waals surface area contributed by atoms with E-state index in [0.29, 0.717) is 0 Å². The van der Waals surface area contributed by atoms with Crippen molar-refractivity contribution in [1.82, 2.24) is 0 Å². The van der Waals surface area contributed by atoms with Crippen LogP contribution in [-0.4, -0.2) is 14.4 Å². The molecule has 0 amide bonds. The summed E-state index contributed by atoms with van der Waals surface area (Å²) in [5.74, 6) is 0. The van der Waals surface area contributed by atoms with E-state index in [4.69, 9.17) is 9.47 Å². The molecular weight excluding hydrogens is 386 g/mol. The Morgan fingerprint density at radius 2 is 1.50 bits per heavy atom. The Hall–Kier alpha value is 0.730. The minimum Gasteiger partial charge on any atom is -0.420 e. The summed E-state index contributed by atoms with van der Waals surface area (Å²) in [5, 5.41) is 0. The Morgan fingerprint density at radius 3 is 1.75 bits per heavy atom. The first-order valence-corrected chi connectivity index (χ1v) is 6.24. The van der Waals surface area contributed by atoms with Crippen LogP contribution < -0.4 is 0 Å². The second kappa shape index (κ2) is 7.16. The number of carbonyl (C=O) groups excluding carboxylic acids is 1. The third kappa shape index (κ3) is 6.27. The van der Waals surface area contributed by atoms with E-state index >= 15 is 0 Å². The Bertz CT molecular complexity index is 127. The predicted octanol–water partition coefficient (Wildman–Crippen LogP) is 3.48. The van der Waals surface area contributed by atoms with E-state index in [1.807, 2.05) is 13.8 Å². The summed E-state index contributed by atoms with van der Waals surface area (Å²) < 4.78 is 9.61. The van der Waals surface area contributed by atoms with Gasteiger partial charge in [-0.3, -0.25) is 0 Å². The van der Waals surface area contributed by atoms with Gasteiger partial charge in [0, 0.05) is 0 Å².